The Kier molecular flexibility index (Phi) is 6.01. The highest BCUT2D eigenvalue weighted by atomic mass is 35.5. The van der Waals surface area contributed by atoms with Gasteiger partial charge in [0.25, 0.3) is 0 Å². The molecule has 1 N–H and O–H groups in total. The average Bonchev–Trinajstić information content (AvgIpc) is 2.44. The van der Waals surface area contributed by atoms with Crippen molar-refractivity contribution in [2.45, 2.75) is 39.2 Å². The number of nitrogens with zero attached hydrogens (tertiary/aromatic N) is 1. The number of halogens is 2. The number of hydrogen-bond acceptors (Lipinski definition) is 2. The molecule has 0 saturated carbocycles. The Hall–Kier alpha value is -0.440. The van der Waals surface area contributed by atoms with Crippen LogP contribution in [0.3, 0.4) is 0 Å². The number of likely N-dealkylation sites (tertiary alicyclic amines) is 1. The molecule has 1 aromatic carbocycles. The van der Waals surface area contributed by atoms with Crippen LogP contribution in [0.15, 0.2) is 18.2 Å². The molecule has 1 unspecified atom stereocenters. The van der Waals surface area contributed by atoms with E-state index in [9.17, 15) is 0 Å². The fourth-order valence-electron chi connectivity index (χ4n) is 2.96. The van der Waals surface area contributed by atoms with Crippen LogP contribution in [-0.4, -0.2) is 30.6 Å². The van der Waals surface area contributed by atoms with Gasteiger partial charge in [-0.25, -0.2) is 0 Å². The quantitative estimate of drug-likeness (QED) is 0.830. The minimum absolute atomic E-state index is 0.426. The van der Waals surface area contributed by atoms with Gasteiger partial charge in [0.15, 0.2) is 0 Å². The van der Waals surface area contributed by atoms with E-state index in [0.29, 0.717) is 12.0 Å². The van der Waals surface area contributed by atoms with Gasteiger partial charge < -0.3 is 10.2 Å². The molecule has 1 aliphatic heterocycles. The summed E-state index contributed by atoms with van der Waals surface area (Å²) in [6.07, 6.45) is 3.76. The van der Waals surface area contributed by atoms with E-state index < -0.39 is 0 Å². The largest absolute Gasteiger partial charge is 0.381 e. The minimum atomic E-state index is 0.426. The van der Waals surface area contributed by atoms with Crippen LogP contribution in [0.5, 0.6) is 0 Å². The van der Waals surface area contributed by atoms with E-state index in [1.165, 1.54) is 38.9 Å². The molecule has 2 nitrogen and oxygen atoms in total. The summed E-state index contributed by atoms with van der Waals surface area (Å²) in [4.78, 5) is 2.57. The highest BCUT2D eigenvalue weighted by Crippen LogP contribution is 2.29. The normalized spacial score (nSPS) is 19.0. The van der Waals surface area contributed by atoms with Gasteiger partial charge in [0, 0.05) is 11.1 Å². The predicted molar refractivity (Wildman–Crippen MR) is 89.0 cm³/mol. The number of hydrogen-bond donors (Lipinski definition) is 1. The third-order valence-corrected chi connectivity index (χ3v) is 4.76. The highest BCUT2D eigenvalue weighted by molar-refractivity contribution is 6.35. The van der Waals surface area contributed by atoms with Gasteiger partial charge in [-0.15, -0.1) is 0 Å². The number of piperidine rings is 1. The Balaban J connectivity index is 1.89. The van der Waals surface area contributed by atoms with Crippen molar-refractivity contribution in [3.8, 4) is 0 Å². The van der Waals surface area contributed by atoms with Gasteiger partial charge in [0.2, 0.25) is 0 Å². The maximum Gasteiger partial charge on any atom is 0.0638 e. The third kappa shape index (κ3) is 4.28. The maximum absolute atomic E-state index is 6.21. The first-order valence-electron chi connectivity index (χ1n) is 7.54. The van der Waals surface area contributed by atoms with Crippen LogP contribution in [0.25, 0.3) is 0 Å². The summed E-state index contributed by atoms with van der Waals surface area (Å²) in [5, 5.41) is 5.00. The maximum atomic E-state index is 6.21. The van der Waals surface area contributed by atoms with Crippen LogP contribution < -0.4 is 5.32 Å². The molecule has 2 rings (SSSR count). The molecule has 1 aromatic rings. The summed E-state index contributed by atoms with van der Waals surface area (Å²) >= 11 is 12.2. The first-order chi connectivity index (χ1) is 9.60. The van der Waals surface area contributed by atoms with E-state index in [-0.39, 0.29) is 0 Å². The molecule has 0 radical (unpaired) electrons. The number of nitrogens with one attached hydrogen (secondary N) is 1. The van der Waals surface area contributed by atoms with E-state index in [1.54, 1.807) is 0 Å². The second kappa shape index (κ2) is 7.53. The van der Waals surface area contributed by atoms with Crippen molar-refractivity contribution < 1.29 is 0 Å². The summed E-state index contributed by atoms with van der Waals surface area (Å²) in [6, 6.07) is 6.01. The van der Waals surface area contributed by atoms with Crippen LogP contribution >= 0.6 is 23.2 Å². The lowest BCUT2D eigenvalue weighted by molar-refractivity contribution is 0.176. The zero-order valence-corrected chi connectivity index (χ0v) is 13.8. The van der Waals surface area contributed by atoms with E-state index in [1.807, 2.05) is 18.2 Å². The summed E-state index contributed by atoms with van der Waals surface area (Å²) in [5.41, 5.74) is 0.947. The second-order valence-corrected chi connectivity index (χ2v) is 6.58. The Morgan fingerprint density at radius 1 is 1.30 bits per heavy atom. The minimum Gasteiger partial charge on any atom is -0.381 e. The number of rotatable bonds is 5. The van der Waals surface area contributed by atoms with Gasteiger partial charge >= 0.3 is 0 Å². The molecular formula is C16H24Cl2N2. The molecule has 1 heterocycles. The number of anilines is 1. The molecule has 1 fully saturated rings. The molecule has 1 aliphatic rings. The summed E-state index contributed by atoms with van der Waals surface area (Å²) in [7, 11) is 0. The lowest BCUT2D eigenvalue weighted by atomic mass is 9.90. The molecule has 0 spiro atoms. The molecule has 20 heavy (non-hydrogen) atoms. The zero-order valence-electron chi connectivity index (χ0n) is 12.3. The van der Waals surface area contributed by atoms with Crippen LogP contribution in [-0.2, 0) is 0 Å². The summed E-state index contributed by atoms with van der Waals surface area (Å²) in [5.74, 6) is 0.707. The lowest BCUT2D eigenvalue weighted by Crippen LogP contribution is -2.39. The zero-order chi connectivity index (χ0) is 14.5. The van der Waals surface area contributed by atoms with E-state index in [2.05, 4.69) is 24.1 Å². The fourth-order valence-corrected chi connectivity index (χ4v) is 3.31. The Morgan fingerprint density at radius 3 is 2.65 bits per heavy atom. The van der Waals surface area contributed by atoms with Crippen molar-refractivity contribution >= 4 is 28.9 Å². The van der Waals surface area contributed by atoms with Gasteiger partial charge in [-0.2, -0.15) is 0 Å². The Morgan fingerprint density at radius 2 is 2.00 bits per heavy atom. The fraction of sp³-hybridized carbons (Fsp3) is 0.625. The first-order valence-corrected chi connectivity index (χ1v) is 8.29. The molecule has 112 valence electrons. The van der Waals surface area contributed by atoms with Crippen LogP contribution in [0.1, 0.15) is 33.1 Å². The van der Waals surface area contributed by atoms with Crippen molar-refractivity contribution in [1.29, 1.82) is 0 Å². The van der Waals surface area contributed by atoms with Gasteiger partial charge in [-0.3, -0.25) is 0 Å². The molecular weight excluding hydrogens is 291 g/mol. The number of benzene rings is 1. The topological polar surface area (TPSA) is 15.3 Å². The van der Waals surface area contributed by atoms with E-state index in [0.717, 1.165) is 15.7 Å². The smallest absolute Gasteiger partial charge is 0.0638 e. The Labute approximate surface area is 132 Å². The molecule has 1 atom stereocenters. The SMILES string of the molecule is CCCN1CCC(C(C)Nc2cc(Cl)ccc2Cl)CC1. The molecule has 0 amide bonds. The van der Waals surface area contributed by atoms with Crippen LogP contribution in [0, 0.1) is 5.92 Å². The summed E-state index contributed by atoms with van der Waals surface area (Å²) in [6.45, 7) is 8.16. The van der Waals surface area contributed by atoms with Gasteiger partial charge in [-0.1, -0.05) is 30.1 Å². The third-order valence-electron chi connectivity index (χ3n) is 4.19. The van der Waals surface area contributed by atoms with Crippen LogP contribution in [0.4, 0.5) is 5.69 Å². The Bertz CT molecular complexity index is 428. The van der Waals surface area contributed by atoms with Crippen molar-refractivity contribution in [2.24, 2.45) is 5.92 Å². The standard InChI is InChI=1S/C16H24Cl2N2/c1-3-8-20-9-6-13(7-10-20)12(2)19-16-11-14(17)4-5-15(16)18/h4-5,11-13,19H,3,6-10H2,1-2H3. The van der Waals surface area contributed by atoms with Crippen molar-refractivity contribution in [3.05, 3.63) is 28.2 Å². The monoisotopic (exact) mass is 314 g/mol. The van der Waals surface area contributed by atoms with E-state index in [4.69, 9.17) is 23.2 Å². The molecule has 4 heteroatoms. The van der Waals surface area contributed by atoms with Crippen molar-refractivity contribution in [3.63, 3.8) is 0 Å². The van der Waals surface area contributed by atoms with Gasteiger partial charge in [0.05, 0.1) is 10.7 Å². The highest BCUT2D eigenvalue weighted by Gasteiger charge is 2.23. The van der Waals surface area contributed by atoms with Crippen molar-refractivity contribution in [1.82, 2.24) is 4.90 Å². The molecule has 1 saturated heterocycles. The summed E-state index contributed by atoms with van der Waals surface area (Å²) < 4.78 is 0. The van der Waals surface area contributed by atoms with Crippen LogP contribution in [0.2, 0.25) is 10.0 Å². The van der Waals surface area contributed by atoms with E-state index >= 15 is 0 Å². The molecule has 0 aromatic heterocycles. The second-order valence-electron chi connectivity index (χ2n) is 5.74. The molecule has 0 aliphatic carbocycles. The van der Waals surface area contributed by atoms with Crippen molar-refractivity contribution in [2.75, 3.05) is 25.0 Å². The average molecular weight is 315 g/mol. The molecule has 0 bridgehead atoms. The van der Waals surface area contributed by atoms with Gasteiger partial charge in [0.1, 0.15) is 0 Å². The first kappa shape index (κ1) is 15.9. The lowest BCUT2D eigenvalue weighted by Gasteiger charge is -2.35. The van der Waals surface area contributed by atoms with Gasteiger partial charge in [-0.05, 0) is 69.9 Å². The predicted octanol–water partition coefficient (Wildman–Crippen LogP) is 4.92.